The van der Waals surface area contributed by atoms with Crippen LogP contribution in [0.2, 0.25) is 0 Å². The Morgan fingerprint density at radius 2 is 1.68 bits per heavy atom. The Kier molecular flexibility index (Phi) is 6.47. The van der Waals surface area contributed by atoms with E-state index in [1.165, 1.54) is 44.2 Å². The highest BCUT2D eigenvalue weighted by molar-refractivity contribution is 5.70. The van der Waals surface area contributed by atoms with E-state index in [1.807, 2.05) is 12.4 Å². The number of piperidine rings is 2. The molecule has 0 spiro atoms. The van der Waals surface area contributed by atoms with Crippen LogP contribution in [0.25, 0.3) is 0 Å². The molecule has 28 heavy (non-hydrogen) atoms. The number of hydrogen-bond donors (Lipinski definition) is 2. The number of likely N-dealkylation sites (tertiary alicyclic amines) is 1. The lowest BCUT2D eigenvalue weighted by atomic mass is 9.86. The first kappa shape index (κ1) is 19.6. The molecule has 1 aromatic rings. The topological polar surface area (TPSA) is 68.7 Å². The standard InChI is InChI=1S/C22H34N4O2/c27-22(28)17-6-12-26(13-7-17)21-3-1-2-19(16-21)24-18-8-14-25(15-9-18)20-4-10-23-11-5-20/h4-5,10-11,17-19,21,24H,1-3,6-9,12-16H2,(H,27,28)/t19-,21+/m1/s1. The van der Waals surface area contributed by atoms with Crippen LogP contribution in [0.15, 0.2) is 24.5 Å². The highest BCUT2D eigenvalue weighted by Gasteiger charge is 2.32. The second-order valence-corrected chi connectivity index (χ2v) is 8.80. The maximum Gasteiger partial charge on any atom is 0.306 e. The Hall–Kier alpha value is -1.66. The summed E-state index contributed by atoms with van der Waals surface area (Å²) >= 11 is 0. The summed E-state index contributed by atoms with van der Waals surface area (Å²) in [6.07, 6.45) is 12.9. The molecular formula is C22H34N4O2. The summed E-state index contributed by atoms with van der Waals surface area (Å²) in [5.74, 6) is -0.736. The molecular weight excluding hydrogens is 352 g/mol. The normalized spacial score (nSPS) is 28.4. The summed E-state index contributed by atoms with van der Waals surface area (Å²) in [4.78, 5) is 20.3. The Bertz CT molecular complexity index is 625. The van der Waals surface area contributed by atoms with Crippen molar-refractivity contribution in [3.63, 3.8) is 0 Å². The van der Waals surface area contributed by atoms with Crippen LogP contribution in [0.3, 0.4) is 0 Å². The number of pyridine rings is 1. The third-order valence-electron chi connectivity index (χ3n) is 7.04. The molecule has 1 saturated carbocycles. The molecule has 2 aliphatic heterocycles. The van der Waals surface area contributed by atoms with Gasteiger partial charge in [-0.05, 0) is 70.2 Å². The zero-order valence-electron chi connectivity index (χ0n) is 16.8. The monoisotopic (exact) mass is 386 g/mol. The van der Waals surface area contributed by atoms with Crippen LogP contribution in [0, 0.1) is 5.92 Å². The summed E-state index contributed by atoms with van der Waals surface area (Å²) in [6.45, 7) is 4.14. The number of rotatable bonds is 5. The molecule has 2 N–H and O–H groups in total. The van der Waals surface area contributed by atoms with Gasteiger partial charge in [0.15, 0.2) is 0 Å². The number of carboxylic acids is 1. The molecule has 3 heterocycles. The Labute approximate surface area is 168 Å². The quantitative estimate of drug-likeness (QED) is 0.811. The van der Waals surface area contributed by atoms with Crippen LogP contribution in [0.4, 0.5) is 5.69 Å². The van der Waals surface area contributed by atoms with Crippen molar-refractivity contribution in [1.82, 2.24) is 15.2 Å². The Morgan fingerprint density at radius 1 is 0.964 bits per heavy atom. The lowest BCUT2D eigenvalue weighted by Gasteiger charge is -2.42. The number of nitrogens with one attached hydrogen (secondary N) is 1. The highest BCUT2D eigenvalue weighted by atomic mass is 16.4. The van der Waals surface area contributed by atoms with Crippen molar-refractivity contribution in [3.05, 3.63) is 24.5 Å². The summed E-state index contributed by atoms with van der Waals surface area (Å²) < 4.78 is 0. The van der Waals surface area contributed by atoms with Gasteiger partial charge in [0.1, 0.15) is 0 Å². The minimum atomic E-state index is -0.610. The van der Waals surface area contributed by atoms with Crippen LogP contribution in [-0.4, -0.2) is 65.3 Å². The van der Waals surface area contributed by atoms with Crippen LogP contribution in [0.5, 0.6) is 0 Å². The van der Waals surface area contributed by atoms with Crippen molar-refractivity contribution in [2.24, 2.45) is 5.92 Å². The van der Waals surface area contributed by atoms with Crippen molar-refractivity contribution < 1.29 is 9.90 Å². The molecule has 0 bridgehead atoms. The molecule has 6 nitrogen and oxygen atoms in total. The Balaban J connectivity index is 1.22. The maximum atomic E-state index is 11.2. The van der Waals surface area contributed by atoms with E-state index in [9.17, 15) is 9.90 Å². The summed E-state index contributed by atoms with van der Waals surface area (Å²) in [5.41, 5.74) is 1.29. The van der Waals surface area contributed by atoms with E-state index in [0.717, 1.165) is 39.0 Å². The molecule has 1 aromatic heterocycles. The van der Waals surface area contributed by atoms with Gasteiger partial charge in [-0.2, -0.15) is 0 Å². The van der Waals surface area contributed by atoms with Gasteiger partial charge in [-0.25, -0.2) is 0 Å². The molecule has 3 aliphatic rings. The minimum absolute atomic E-state index is 0.126. The molecule has 6 heteroatoms. The number of carbonyl (C=O) groups is 1. The third kappa shape index (κ3) is 4.84. The van der Waals surface area contributed by atoms with E-state index in [0.29, 0.717) is 18.1 Å². The van der Waals surface area contributed by atoms with Gasteiger partial charge in [-0.15, -0.1) is 0 Å². The van der Waals surface area contributed by atoms with Crippen molar-refractivity contribution in [2.75, 3.05) is 31.1 Å². The SMILES string of the molecule is O=C(O)C1CCN([C@H]2CCC[C@@H](NC3CCN(c4ccncc4)CC3)C2)CC1. The van der Waals surface area contributed by atoms with Gasteiger partial charge >= 0.3 is 5.97 Å². The number of hydrogen-bond acceptors (Lipinski definition) is 5. The summed E-state index contributed by atoms with van der Waals surface area (Å²) in [7, 11) is 0. The lowest BCUT2D eigenvalue weighted by Crippen LogP contribution is -2.51. The fourth-order valence-electron chi connectivity index (χ4n) is 5.35. The summed E-state index contributed by atoms with van der Waals surface area (Å²) in [6, 6.07) is 6.09. The predicted octanol–water partition coefficient (Wildman–Crippen LogP) is 2.75. The number of carboxylic acid groups (broad SMARTS) is 1. The molecule has 154 valence electrons. The van der Waals surface area contributed by atoms with Crippen molar-refractivity contribution >= 4 is 11.7 Å². The van der Waals surface area contributed by atoms with Gasteiger partial charge in [0.05, 0.1) is 5.92 Å². The smallest absolute Gasteiger partial charge is 0.306 e. The van der Waals surface area contributed by atoms with Gasteiger partial charge in [0, 0.05) is 49.3 Å². The van der Waals surface area contributed by atoms with E-state index in [-0.39, 0.29) is 5.92 Å². The van der Waals surface area contributed by atoms with Crippen molar-refractivity contribution in [1.29, 1.82) is 0 Å². The number of anilines is 1. The second-order valence-electron chi connectivity index (χ2n) is 8.80. The molecule has 1 aliphatic carbocycles. The number of aromatic nitrogens is 1. The molecule has 2 atom stereocenters. The van der Waals surface area contributed by atoms with E-state index in [1.54, 1.807) is 0 Å². The van der Waals surface area contributed by atoms with Crippen LogP contribution >= 0.6 is 0 Å². The zero-order valence-corrected chi connectivity index (χ0v) is 16.8. The van der Waals surface area contributed by atoms with E-state index >= 15 is 0 Å². The largest absolute Gasteiger partial charge is 0.481 e. The summed E-state index contributed by atoms with van der Waals surface area (Å²) in [5, 5.41) is 13.2. The van der Waals surface area contributed by atoms with Crippen LogP contribution < -0.4 is 10.2 Å². The van der Waals surface area contributed by atoms with E-state index in [2.05, 4.69) is 32.2 Å². The molecule has 0 unspecified atom stereocenters. The first-order valence-electron chi connectivity index (χ1n) is 11.1. The van der Waals surface area contributed by atoms with Gasteiger partial charge < -0.3 is 20.2 Å². The van der Waals surface area contributed by atoms with Crippen molar-refractivity contribution in [3.8, 4) is 0 Å². The first-order chi connectivity index (χ1) is 13.7. The van der Waals surface area contributed by atoms with Crippen molar-refractivity contribution in [2.45, 2.75) is 69.5 Å². The van der Waals surface area contributed by atoms with Gasteiger partial charge in [0.25, 0.3) is 0 Å². The average molecular weight is 387 g/mol. The maximum absolute atomic E-state index is 11.2. The number of aliphatic carboxylic acids is 1. The molecule has 2 saturated heterocycles. The first-order valence-corrected chi connectivity index (χ1v) is 11.1. The predicted molar refractivity (Wildman–Crippen MR) is 111 cm³/mol. The van der Waals surface area contributed by atoms with E-state index in [4.69, 9.17) is 0 Å². The van der Waals surface area contributed by atoms with Crippen LogP contribution in [0.1, 0.15) is 51.4 Å². The number of nitrogens with zero attached hydrogens (tertiary/aromatic N) is 3. The van der Waals surface area contributed by atoms with Gasteiger partial charge in [-0.3, -0.25) is 9.78 Å². The third-order valence-corrected chi connectivity index (χ3v) is 7.04. The molecule has 0 radical (unpaired) electrons. The zero-order chi connectivity index (χ0) is 19.3. The molecule has 4 rings (SSSR count). The average Bonchev–Trinajstić information content (AvgIpc) is 2.75. The molecule has 0 aromatic carbocycles. The lowest BCUT2D eigenvalue weighted by molar-refractivity contribution is -0.143. The molecule has 0 amide bonds. The molecule has 3 fully saturated rings. The van der Waals surface area contributed by atoms with Gasteiger partial charge in [0.2, 0.25) is 0 Å². The van der Waals surface area contributed by atoms with Gasteiger partial charge in [-0.1, -0.05) is 6.42 Å². The van der Waals surface area contributed by atoms with E-state index < -0.39 is 5.97 Å². The fraction of sp³-hybridized carbons (Fsp3) is 0.727. The Morgan fingerprint density at radius 3 is 2.36 bits per heavy atom. The minimum Gasteiger partial charge on any atom is -0.481 e. The fourth-order valence-corrected chi connectivity index (χ4v) is 5.35. The second kappa shape index (κ2) is 9.23. The van der Waals surface area contributed by atoms with Crippen LogP contribution in [-0.2, 0) is 4.79 Å². The highest BCUT2D eigenvalue weighted by Crippen LogP contribution is 2.28.